The van der Waals surface area contributed by atoms with E-state index in [0.717, 1.165) is 19.3 Å². The van der Waals surface area contributed by atoms with Crippen LogP contribution in [-0.2, 0) is 9.53 Å². The van der Waals surface area contributed by atoms with Crippen molar-refractivity contribution in [1.82, 2.24) is 0 Å². The molecule has 0 unspecified atom stereocenters. The summed E-state index contributed by atoms with van der Waals surface area (Å²) < 4.78 is 4.82. The predicted molar refractivity (Wildman–Crippen MR) is 78.7 cm³/mol. The Morgan fingerprint density at radius 1 is 0.952 bits per heavy atom. The van der Waals surface area contributed by atoms with E-state index in [1.807, 2.05) is 0 Å². The number of unbranched alkanes of at least 4 members (excludes halogenated alkanes) is 6. The van der Waals surface area contributed by atoms with E-state index in [2.05, 4.69) is 6.92 Å². The molecule has 4 N–H and O–H groups in total. The van der Waals surface area contributed by atoms with Gasteiger partial charge in [-0.2, -0.15) is 0 Å². The van der Waals surface area contributed by atoms with Crippen molar-refractivity contribution in [2.24, 2.45) is 0 Å². The standard InChI is InChI=1S/C15H30O6/c1-2-3-4-5-6-7-8-9-14(19)21-11-13(18)15(20)12(17)10-16/h12-13,15-18,20H,2-11H2,1H3/t12-,13+,15+/m0/s1. The van der Waals surface area contributed by atoms with Gasteiger partial charge in [-0.1, -0.05) is 45.4 Å². The number of ether oxygens (including phenoxy) is 1. The molecular formula is C15H30O6. The van der Waals surface area contributed by atoms with Crippen molar-refractivity contribution in [3.8, 4) is 0 Å². The number of carbonyl (C=O) groups is 1. The molecule has 0 amide bonds. The highest BCUT2D eigenvalue weighted by atomic mass is 16.5. The van der Waals surface area contributed by atoms with Crippen molar-refractivity contribution in [2.75, 3.05) is 13.2 Å². The number of carbonyl (C=O) groups excluding carboxylic acids is 1. The lowest BCUT2D eigenvalue weighted by Gasteiger charge is -2.21. The van der Waals surface area contributed by atoms with Crippen molar-refractivity contribution in [3.05, 3.63) is 0 Å². The molecule has 0 rings (SSSR count). The van der Waals surface area contributed by atoms with Crippen LogP contribution in [0.1, 0.15) is 58.3 Å². The van der Waals surface area contributed by atoms with Crippen LogP contribution < -0.4 is 0 Å². The van der Waals surface area contributed by atoms with E-state index in [-0.39, 0.29) is 6.61 Å². The highest BCUT2D eigenvalue weighted by Gasteiger charge is 2.25. The summed E-state index contributed by atoms with van der Waals surface area (Å²) in [5, 5.41) is 36.6. The van der Waals surface area contributed by atoms with Crippen LogP contribution >= 0.6 is 0 Å². The average Bonchev–Trinajstić information content (AvgIpc) is 2.50. The van der Waals surface area contributed by atoms with E-state index in [9.17, 15) is 15.0 Å². The van der Waals surface area contributed by atoms with Gasteiger partial charge in [0.05, 0.1) is 6.61 Å². The molecule has 0 aromatic rings. The van der Waals surface area contributed by atoms with Gasteiger partial charge in [-0.05, 0) is 6.42 Å². The second-order valence-corrected chi connectivity index (χ2v) is 5.36. The highest BCUT2D eigenvalue weighted by Crippen LogP contribution is 2.09. The Hall–Kier alpha value is -0.690. The Kier molecular flexibility index (Phi) is 12.6. The Morgan fingerprint density at radius 3 is 2.10 bits per heavy atom. The Morgan fingerprint density at radius 2 is 1.52 bits per heavy atom. The Balaban J connectivity index is 3.57. The van der Waals surface area contributed by atoms with Gasteiger partial charge in [0.25, 0.3) is 0 Å². The fourth-order valence-electron chi connectivity index (χ4n) is 1.94. The molecule has 0 aliphatic carbocycles. The van der Waals surface area contributed by atoms with Gasteiger partial charge >= 0.3 is 5.97 Å². The van der Waals surface area contributed by atoms with E-state index in [1.54, 1.807) is 0 Å². The molecule has 3 atom stereocenters. The largest absolute Gasteiger partial charge is 0.463 e. The maximum Gasteiger partial charge on any atom is 0.305 e. The molecule has 6 heteroatoms. The van der Waals surface area contributed by atoms with Gasteiger partial charge < -0.3 is 25.2 Å². The third-order valence-corrected chi connectivity index (χ3v) is 3.38. The van der Waals surface area contributed by atoms with Crippen molar-refractivity contribution < 1.29 is 30.0 Å². The molecule has 0 fully saturated rings. The summed E-state index contributed by atoms with van der Waals surface area (Å²) in [6.45, 7) is 1.12. The van der Waals surface area contributed by atoms with Crippen LogP contribution in [0.15, 0.2) is 0 Å². The number of hydrogen-bond donors (Lipinski definition) is 4. The molecule has 0 radical (unpaired) electrons. The molecule has 0 saturated heterocycles. The fourth-order valence-corrected chi connectivity index (χ4v) is 1.94. The zero-order valence-electron chi connectivity index (χ0n) is 12.9. The highest BCUT2D eigenvalue weighted by molar-refractivity contribution is 5.69. The number of esters is 1. The minimum atomic E-state index is -1.53. The molecule has 0 bridgehead atoms. The van der Waals surface area contributed by atoms with Crippen LogP contribution in [0.25, 0.3) is 0 Å². The quantitative estimate of drug-likeness (QED) is 0.295. The monoisotopic (exact) mass is 306 g/mol. The van der Waals surface area contributed by atoms with E-state index >= 15 is 0 Å². The summed E-state index contributed by atoms with van der Waals surface area (Å²) in [6, 6.07) is 0. The zero-order chi connectivity index (χ0) is 16.1. The van der Waals surface area contributed by atoms with Crippen LogP contribution in [0, 0.1) is 0 Å². The van der Waals surface area contributed by atoms with Gasteiger partial charge in [0.15, 0.2) is 0 Å². The second-order valence-electron chi connectivity index (χ2n) is 5.36. The van der Waals surface area contributed by atoms with Gasteiger partial charge in [0, 0.05) is 6.42 Å². The van der Waals surface area contributed by atoms with E-state index in [1.165, 1.54) is 25.7 Å². The zero-order valence-corrected chi connectivity index (χ0v) is 12.9. The van der Waals surface area contributed by atoms with Gasteiger partial charge in [-0.15, -0.1) is 0 Å². The van der Waals surface area contributed by atoms with Crippen LogP contribution in [0.2, 0.25) is 0 Å². The number of rotatable bonds is 13. The molecule has 0 heterocycles. The number of hydrogen-bond acceptors (Lipinski definition) is 6. The van der Waals surface area contributed by atoms with Crippen LogP contribution in [-0.4, -0.2) is 57.9 Å². The topological polar surface area (TPSA) is 107 Å². The van der Waals surface area contributed by atoms with Gasteiger partial charge in [0.2, 0.25) is 0 Å². The number of aliphatic hydroxyl groups excluding tert-OH is 4. The minimum Gasteiger partial charge on any atom is -0.463 e. The van der Waals surface area contributed by atoms with Crippen molar-refractivity contribution >= 4 is 5.97 Å². The summed E-state index contributed by atoms with van der Waals surface area (Å²) in [5.41, 5.74) is 0. The first-order valence-corrected chi connectivity index (χ1v) is 7.83. The molecule has 0 aliphatic heterocycles. The van der Waals surface area contributed by atoms with Gasteiger partial charge in [-0.25, -0.2) is 0 Å². The molecule has 0 aliphatic rings. The lowest BCUT2D eigenvalue weighted by atomic mass is 10.1. The second kappa shape index (κ2) is 13.0. The van der Waals surface area contributed by atoms with Gasteiger partial charge in [0.1, 0.15) is 24.9 Å². The average molecular weight is 306 g/mol. The molecule has 21 heavy (non-hydrogen) atoms. The SMILES string of the molecule is CCCCCCCCCC(=O)OC[C@@H](O)[C@H](O)[C@@H](O)CO. The van der Waals surface area contributed by atoms with Crippen LogP contribution in [0.4, 0.5) is 0 Å². The first-order chi connectivity index (χ1) is 10.0. The van der Waals surface area contributed by atoms with E-state index in [0.29, 0.717) is 6.42 Å². The smallest absolute Gasteiger partial charge is 0.305 e. The maximum absolute atomic E-state index is 11.4. The summed E-state index contributed by atoms with van der Waals surface area (Å²) in [6.07, 6.45) is 3.65. The summed E-state index contributed by atoms with van der Waals surface area (Å²) in [5.74, 6) is -0.423. The Labute approximate surface area is 126 Å². The molecule has 0 spiro atoms. The molecule has 0 saturated carbocycles. The maximum atomic E-state index is 11.4. The molecule has 6 nitrogen and oxygen atoms in total. The lowest BCUT2D eigenvalue weighted by molar-refractivity contribution is -0.152. The summed E-state index contributed by atoms with van der Waals surface area (Å²) in [4.78, 5) is 11.4. The minimum absolute atomic E-state index is 0.291. The first kappa shape index (κ1) is 20.3. The van der Waals surface area contributed by atoms with Crippen LogP contribution in [0.5, 0.6) is 0 Å². The third-order valence-electron chi connectivity index (χ3n) is 3.38. The van der Waals surface area contributed by atoms with Crippen molar-refractivity contribution in [1.29, 1.82) is 0 Å². The third kappa shape index (κ3) is 10.6. The lowest BCUT2D eigenvalue weighted by Crippen LogP contribution is -2.42. The first-order valence-electron chi connectivity index (χ1n) is 7.83. The predicted octanol–water partition coefficient (Wildman–Crippen LogP) is 0.745. The van der Waals surface area contributed by atoms with Gasteiger partial charge in [-0.3, -0.25) is 4.79 Å². The normalized spacial score (nSPS) is 15.5. The van der Waals surface area contributed by atoms with Crippen LogP contribution in [0.3, 0.4) is 0 Å². The summed E-state index contributed by atoms with van der Waals surface area (Å²) in [7, 11) is 0. The Bertz CT molecular complexity index is 259. The molecular weight excluding hydrogens is 276 g/mol. The van der Waals surface area contributed by atoms with E-state index in [4.69, 9.17) is 14.9 Å². The molecule has 126 valence electrons. The van der Waals surface area contributed by atoms with E-state index < -0.39 is 30.9 Å². The molecule has 0 aromatic heterocycles. The molecule has 0 aromatic carbocycles. The van der Waals surface area contributed by atoms with Crippen molar-refractivity contribution in [2.45, 2.75) is 76.6 Å². The fraction of sp³-hybridized carbons (Fsp3) is 0.933. The van der Waals surface area contributed by atoms with Crippen molar-refractivity contribution in [3.63, 3.8) is 0 Å². The number of aliphatic hydroxyl groups is 4. The summed E-state index contributed by atoms with van der Waals surface area (Å²) >= 11 is 0.